The van der Waals surface area contributed by atoms with Crippen LogP contribution >= 0.6 is 0 Å². The molecule has 3 heteroatoms. The van der Waals surface area contributed by atoms with Crippen LogP contribution in [0.3, 0.4) is 0 Å². The normalized spacial score (nSPS) is 23.8. The number of nitrogens with zero attached hydrogens (tertiary/aromatic N) is 1. The van der Waals surface area contributed by atoms with Gasteiger partial charge in [0.15, 0.2) is 0 Å². The number of hydrogen-bond donors (Lipinski definition) is 0. The zero-order valence-corrected chi connectivity index (χ0v) is 6.06. The van der Waals surface area contributed by atoms with Crippen molar-refractivity contribution in [3.05, 3.63) is 30.1 Å². The molecule has 2 heterocycles. The van der Waals surface area contributed by atoms with E-state index < -0.39 is 0 Å². The summed E-state index contributed by atoms with van der Waals surface area (Å²) in [5.74, 6) is 0. The van der Waals surface area contributed by atoms with Gasteiger partial charge in [0.05, 0.1) is 12.3 Å². The van der Waals surface area contributed by atoms with E-state index in [9.17, 15) is 0 Å². The SMILES string of the molecule is c1ccc(C2CCOO2)nc1. The van der Waals surface area contributed by atoms with Crippen LogP contribution in [-0.4, -0.2) is 11.6 Å². The lowest BCUT2D eigenvalue weighted by atomic mass is 10.2. The first-order valence-electron chi connectivity index (χ1n) is 3.66. The molecule has 1 aromatic rings. The van der Waals surface area contributed by atoms with Crippen molar-refractivity contribution < 1.29 is 9.78 Å². The summed E-state index contributed by atoms with van der Waals surface area (Å²) in [6, 6.07) is 5.78. The van der Waals surface area contributed by atoms with Crippen molar-refractivity contribution in [2.24, 2.45) is 0 Å². The quantitative estimate of drug-likeness (QED) is 0.569. The molecule has 0 amide bonds. The number of rotatable bonds is 1. The molecule has 1 aliphatic heterocycles. The van der Waals surface area contributed by atoms with Gasteiger partial charge in [-0.2, -0.15) is 0 Å². The Morgan fingerprint density at radius 1 is 1.45 bits per heavy atom. The first-order chi connectivity index (χ1) is 5.47. The van der Waals surface area contributed by atoms with Gasteiger partial charge >= 0.3 is 0 Å². The molecular formula is C8H9NO2. The zero-order valence-electron chi connectivity index (χ0n) is 6.06. The molecule has 1 fully saturated rings. The summed E-state index contributed by atoms with van der Waals surface area (Å²) >= 11 is 0. The van der Waals surface area contributed by atoms with Gasteiger partial charge in [-0.1, -0.05) is 6.07 Å². The van der Waals surface area contributed by atoms with Crippen molar-refractivity contribution in [1.29, 1.82) is 0 Å². The molecule has 11 heavy (non-hydrogen) atoms. The molecule has 58 valence electrons. The third-order valence-electron chi connectivity index (χ3n) is 1.67. The van der Waals surface area contributed by atoms with Crippen molar-refractivity contribution in [3.63, 3.8) is 0 Å². The van der Waals surface area contributed by atoms with E-state index in [2.05, 4.69) is 4.98 Å². The van der Waals surface area contributed by atoms with Gasteiger partial charge in [-0.25, -0.2) is 9.78 Å². The summed E-state index contributed by atoms with van der Waals surface area (Å²) in [5, 5.41) is 0. The molecule has 1 saturated heterocycles. The highest BCUT2D eigenvalue weighted by Gasteiger charge is 2.19. The highest BCUT2D eigenvalue weighted by atomic mass is 17.2. The maximum absolute atomic E-state index is 4.98. The van der Waals surface area contributed by atoms with Gasteiger partial charge in [0.25, 0.3) is 0 Å². The van der Waals surface area contributed by atoms with E-state index in [-0.39, 0.29) is 6.10 Å². The molecule has 1 unspecified atom stereocenters. The van der Waals surface area contributed by atoms with Crippen LogP contribution in [0.5, 0.6) is 0 Å². The van der Waals surface area contributed by atoms with E-state index in [1.807, 2.05) is 18.2 Å². The molecule has 0 N–H and O–H groups in total. The Kier molecular flexibility index (Phi) is 1.83. The molecule has 3 nitrogen and oxygen atoms in total. The summed E-state index contributed by atoms with van der Waals surface area (Å²) in [6.07, 6.45) is 2.70. The van der Waals surface area contributed by atoms with Crippen LogP contribution in [-0.2, 0) is 9.78 Å². The maximum Gasteiger partial charge on any atom is 0.137 e. The summed E-state index contributed by atoms with van der Waals surface area (Å²) in [7, 11) is 0. The number of aromatic nitrogens is 1. The molecule has 1 aliphatic rings. The van der Waals surface area contributed by atoms with E-state index in [0.717, 1.165) is 12.1 Å². The van der Waals surface area contributed by atoms with E-state index in [4.69, 9.17) is 9.78 Å². The minimum atomic E-state index is 0.0381. The Morgan fingerprint density at radius 3 is 3.09 bits per heavy atom. The second-order valence-corrected chi connectivity index (χ2v) is 2.45. The topological polar surface area (TPSA) is 31.4 Å². The predicted octanol–water partition coefficient (Wildman–Crippen LogP) is 1.47. The molecule has 0 aliphatic carbocycles. The standard InChI is InChI=1S/C8H9NO2/c1-2-5-9-7(3-1)8-4-6-10-11-8/h1-3,5,8H,4,6H2. The molecule has 1 aromatic heterocycles. The monoisotopic (exact) mass is 151 g/mol. The van der Waals surface area contributed by atoms with Gasteiger partial charge in [0.1, 0.15) is 6.10 Å². The van der Waals surface area contributed by atoms with Gasteiger partial charge < -0.3 is 0 Å². The fourth-order valence-corrected chi connectivity index (χ4v) is 1.10. The van der Waals surface area contributed by atoms with Crippen molar-refractivity contribution in [2.75, 3.05) is 6.61 Å². The average molecular weight is 151 g/mol. The second kappa shape index (κ2) is 2.98. The van der Waals surface area contributed by atoms with E-state index in [0.29, 0.717) is 6.61 Å². The fourth-order valence-electron chi connectivity index (χ4n) is 1.10. The van der Waals surface area contributed by atoms with Crippen molar-refractivity contribution in [2.45, 2.75) is 12.5 Å². The summed E-state index contributed by atoms with van der Waals surface area (Å²) in [5.41, 5.74) is 0.949. The Balaban J connectivity index is 2.16. The Hall–Kier alpha value is -0.930. The smallest absolute Gasteiger partial charge is 0.137 e. The molecule has 0 spiro atoms. The van der Waals surface area contributed by atoms with Gasteiger partial charge in [0.2, 0.25) is 0 Å². The highest BCUT2D eigenvalue weighted by molar-refractivity contribution is 5.06. The van der Waals surface area contributed by atoms with Crippen LogP contribution < -0.4 is 0 Å². The predicted molar refractivity (Wildman–Crippen MR) is 38.6 cm³/mol. The minimum Gasteiger partial charge on any atom is -0.258 e. The second-order valence-electron chi connectivity index (χ2n) is 2.45. The highest BCUT2D eigenvalue weighted by Crippen LogP contribution is 2.24. The Labute approximate surface area is 64.9 Å². The van der Waals surface area contributed by atoms with Gasteiger partial charge in [-0.3, -0.25) is 4.98 Å². The van der Waals surface area contributed by atoms with Gasteiger partial charge in [0, 0.05) is 12.6 Å². The maximum atomic E-state index is 4.98. The van der Waals surface area contributed by atoms with Crippen molar-refractivity contribution in [1.82, 2.24) is 4.98 Å². The summed E-state index contributed by atoms with van der Waals surface area (Å²) < 4.78 is 0. The molecule has 0 bridgehead atoms. The van der Waals surface area contributed by atoms with E-state index >= 15 is 0 Å². The van der Waals surface area contributed by atoms with Crippen LogP contribution in [0.4, 0.5) is 0 Å². The van der Waals surface area contributed by atoms with Crippen molar-refractivity contribution in [3.8, 4) is 0 Å². The van der Waals surface area contributed by atoms with Crippen LogP contribution in [0.2, 0.25) is 0 Å². The zero-order chi connectivity index (χ0) is 7.52. The van der Waals surface area contributed by atoms with Crippen LogP contribution in [0.25, 0.3) is 0 Å². The summed E-state index contributed by atoms with van der Waals surface area (Å²) in [6.45, 7) is 0.668. The largest absolute Gasteiger partial charge is 0.258 e. The molecule has 1 atom stereocenters. The number of hydrogen-bond acceptors (Lipinski definition) is 3. The van der Waals surface area contributed by atoms with E-state index in [1.165, 1.54) is 0 Å². The average Bonchev–Trinajstić information content (AvgIpc) is 2.58. The lowest BCUT2D eigenvalue weighted by Gasteiger charge is -2.03. The third-order valence-corrected chi connectivity index (χ3v) is 1.67. The van der Waals surface area contributed by atoms with E-state index in [1.54, 1.807) is 6.20 Å². The first-order valence-corrected chi connectivity index (χ1v) is 3.66. The fraction of sp³-hybridized carbons (Fsp3) is 0.375. The van der Waals surface area contributed by atoms with Crippen LogP contribution in [0.15, 0.2) is 24.4 Å². The van der Waals surface area contributed by atoms with Crippen LogP contribution in [0.1, 0.15) is 18.2 Å². The minimum absolute atomic E-state index is 0.0381. The Morgan fingerprint density at radius 2 is 2.45 bits per heavy atom. The molecule has 0 saturated carbocycles. The lowest BCUT2D eigenvalue weighted by Crippen LogP contribution is -1.97. The lowest BCUT2D eigenvalue weighted by molar-refractivity contribution is -0.277. The third kappa shape index (κ3) is 1.39. The Bertz CT molecular complexity index is 219. The number of pyridine rings is 1. The molecule has 0 aromatic carbocycles. The first kappa shape index (κ1) is 6.76. The van der Waals surface area contributed by atoms with Crippen molar-refractivity contribution >= 4 is 0 Å². The molecular weight excluding hydrogens is 142 g/mol. The molecule has 0 radical (unpaired) electrons. The van der Waals surface area contributed by atoms with Gasteiger partial charge in [-0.05, 0) is 12.1 Å². The molecule has 2 rings (SSSR count). The van der Waals surface area contributed by atoms with Crippen LogP contribution in [0, 0.1) is 0 Å². The summed E-state index contributed by atoms with van der Waals surface area (Å²) in [4.78, 5) is 13.9. The van der Waals surface area contributed by atoms with Gasteiger partial charge in [-0.15, -0.1) is 0 Å².